The third-order valence-electron chi connectivity index (χ3n) is 4.89. The Bertz CT molecular complexity index is 312. The Morgan fingerprint density at radius 2 is 1.18 bits per heavy atom. The maximum atomic E-state index is 11.6. The first-order valence-electron chi connectivity index (χ1n) is 11.3. The van der Waals surface area contributed by atoms with Crippen LogP contribution < -0.4 is 17.6 Å². The molecule has 0 aromatic heterocycles. The van der Waals surface area contributed by atoms with Crippen LogP contribution in [0.3, 0.4) is 0 Å². The van der Waals surface area contributed by atoms with Crippen LogP contribution >= 0.6 is 0 Å². The van der Waals surface area contributed by atoms with Crippen molar-refractivity contribution in [2.24, 2.45) is 0 Å². The standard InChI is InChI=1S/C23H45NO2.2H3N/c1-3-5-6-7-8-9-10-11-12-13-14-15-16-17-18-20-23(25)24-21-19-22-26-4-2;;/h4H,2-3,5-22H2,1H3,(H,24,25);2*1H3. The molecule has 0 aromatic carbocycles. The molecule has 0 radical (unpaired) electrons. The Kier molecular flexibility index (Phi) is 31.8. The van der Waals surface area contributed by atoms with Gasteiger partial charge in [0.05, 0.1) is 12.9 Å². The van der Waals surface area contributed by atoms with E-state index in [4.69, 9.17) is 4.74 Å². The molecule has 7 N–H and O–H groups in total. The molecule has 0 spiro atoms. The second-order valence-electron chi connectivity index (χ2n) is 7.44. The lowest BCUT2D eigenvalue weighted by Gasteiger charge is -2.05. The van der Waals surface area contributed by atoms with Gasteiger partial charge in [0.15, 0.2) is 0 Å². The van der Waals surface area contributed by atoms with Gasteiger partial charge in [0.2, 0.25) is 5.91 Å². The Morgan fingerprint density at radius 3 is 1.61 bits per heavy atom. The van der Waals surface area contributed by atoms with Crippen molar-refractivity contribution in [2.45, 2.75) is 116 Å². The molecule has 0 heterocycles. The topological polar surface area (TPSA) is 108 Å². The fraction of sp³-hybridized carbons (Fsp3) is 0.870. The van der Waals surface area contributed by atoms with Gasteiger partial charge in [-0.3, -0.25) is 4.79 Å². The fourth-order valence-electron chi connectivity index (χ4n) is 3.21. The van der Waals surface area contributed by atoms with Crippen molar-refractivity contribution >= 4 is 5.91 Å². The molecule has 28 heavy (non-hydrogen) atoms. The number of rotatable bonds is 21. The highest BCUT2D eigenvalue weighted by molar-refractivity contribution is 5.75. The molecule has 0 aliphatic carbocycles. The molecule has 0 bridgehead atoms. The third kappa shape index (κ3) is 27.2. The summed E-state index contributed by atoms with van der Waals surface area (Å²) in [4.78, 5) is 11.6. The molecule has 0 saturated heterocycles. The lowest BCUT2D eigenvalue weighted by atomic mass is 10.0. The minimum absolute atomic E-state index is 0. The van der Waals surface area contributed by atoms with Crippen LogP contribution in [0.1, 0.15) is 116 Å². The number of hydrogen-bond donors (Lipinski definition) is 3. The highest BCUT2D eigenvalue weighted by Crippen LogP contribution is 2.13. The number of carbonyl (C=O) groups is 1. The van der Waals surface area contributed by atoms with E-state index >= 15 is 0 Å². The summed E-state index contributed by atoms with van der Waals surface area (Å²) in [6.07, 6.45) is 23.3. The van der Waals surface area contributed by atoms with Crippen molar-refractivity contribution < 1.29 is 9.53 Å². The lowest BCUT2D eigenvalue weighted by molar-refractivity contribution is -0.121. The van der Waals surface area contributed by atoms with E-state index in [1.54, 1.807) is 0 Å². The van der Waals surface area contributed by atoms with E-state index in [-0.39, 0.29) is 18.2 Å². The van der Waals surface area contributed by atoms with Gasteiger partial charge in [-0.2, -0.15) is 0 Å². The average Bonchev–Trinajstić information content (AvgIpc) is 2.64. The van der Waals surface area contributed by atoms with Crippen molar-refractivity contribution in [2.75, 3.05) is 13.2 Å². The van der Waals surface area contributed by atoms with E-state index in [1.807, 2.05) is 0 Å². The Labute approximate surface area is 175 Å². The van der Waals surface area contributed by atoms with Crippen molar-refractivity contribution in [1.29, 1.82) is 0 Å². The maximum Gasteiger partial charge on any atom is 0.219 e. The molecule has 1 amide bonds. The Hall–Kier alpha value is -1.07. The number of amides is 1. The summed E-state index contributed by atoms with van der Waals surface area (Å²) in [7, 11) is 0. The van der Waals surface area contributed by atoms with E-state index in [2.05, 4.69) is 18.8 Å². The first-order chi connectivity index (χ1) is 12.8. The third-order valence-corrected chi connectivity index (χ3v) is 4.89. The van der Waals surface area contributed by atoms with Gasteiger partial charge < -0.3 is 22.4 Å². The summed E-state index contributed by atoms with van der Waals surface area (Å²) in [6, 6.07) is 0. The summed E-state index contributed by atoms with van der Waals surface area (Å²) >= 11 is 0. The molecule has 5 heteroatoms. The average molecular weight is 402 g/mol. The van der Waals surface area contributed by atoms with E-state index < -0.39 is 0 Å². The summed E-state index contributed by atoms with van der Waals surface area (Å²) in [5, 5.41) is 2.94. The maximum absolute atomic E-state index is 11.6. The van der Waals surface area contributed by atoms with Gasteiger partial charge in [-0.15, -0.1) is 0 Å². The van der Waals surface area contributed by atoms with Gasteiger partial charge in [-0.05, 0) is 12.8 Å². The van der Waals surface area contributed by atoms with Crippen molar-refractivity contribution in [3.05, 3.63) is 12.8 Å². The van der Waals surface area contributed by atoms with Crippen LogP contribution in [0.5, 0.6) is 0 Å². The van der Waals surface area contributed by atoms with Crippen LogP contribution in [0.25, 0.3) is 0 Å². The highest BCUT2D eigenvalue weighted by atomic mass is 16.5. The minimum atomic E-state index is 0. The Balaban J connectivity index is -0.00000312. The van der Waals surface area contributed by atoms with Crippen LogP contribution in [0.15, 0.2) is 12.8 Å². The quantitative estimate of drug-likeness (QED) is 0.139. The summed E-state index contributed by atoms with van der Waals surface area (Å²) < 4.78 is 5.02. The van der Waals surface area contributed by atoms with Gasteiger partial charge >= 0.3 is 0 Å². The molecule has 5 nitrogen and oxygen atoms in total. The van der Waals surface area contributed by atoms with Gasteiger partial charge in [0.1, 0.15) is 0 Å². The van der Waals surface area contributed by atoms with Gasteiger partial charge in [0, 0.05) is 13.0 Å². The molecule has 0 fully saturated rings. The van der Waals surface area contributed by atoms with Crippen LogP contribution in [-0.2, 0) is 9.53 Å². The molecular formula is C23H51N3O2. The zero-order valence-corrected chi connectivity index (χ0v) is 19.0. The smallest absolute Gasteiger partial charge is 0.219 e. The molecule has 0 unspecified atom stereocenters. The first-order valence-corrected chi connectivity index (χ1v) is 11.3. The number of ether oxygens (including phenoxy) is 1. The number of hydrogen-bond acceptors (Lipinski definition) is 4. The summed E-state index contributed by atoms with van der Waals surface area (Å²) in [6.45, 7) is 7.09. The van der Waals surface area contributed by atoms with Crippen molar-refractivity contribution in [3.8, 4) is 0 Å². The second-order valence-corrected chi connectivity index (χ2v) is 7.44. The lowest BCUT2D eigenvalue weighted by Crippen LogP contribution is -2.24. The minimum Gasteiger partial charge on any atom is -0.502 e. The molecule has 0 aliphatic heterocycles. The van der Waals surface area contributed by atoms with Crippen LogP contribution in [0.2, 0.25) is 0 Å². The predicted octanol–water partition coefficient (Wildman–Crippen LogP) is 7.24. The number of unbranched alkanes of at least 4 members (excludes halogenated alkanes) is 14. The van der Waals surface area contributed by atoms with E-state index in [9.17, 15) is 4.79 Å². The van der Waals surface area contributed by atoms with Crippen LogP contribution in [-0.4, -0.2) is 19.1 Å². The van der Waals surface area contributed by atoms with Gasteiger partial charge in [-0.1, -0.05) is 103 Å². The van der Waals surface area contributed by atoms with E-state index in [0.717, 1.165) is 12.8 Å². The molecule has 170 valence electrons. The monoisotopic (exact) mass is 401 g/mol. The summed E-state index contributed by atoms with van der Waals surface area (Å²) in [5.41, 5.74) is 0. The molecule has 0 atom stereocenters. The summed E-state index contributed by atoms with van der Waals surface area (Å²) in [5.74, 6) is 0.179. The van der Waals surface area contributed by atoms with Crippen LogP contribution in [0, 0.1) is 0 Å². The zero-order valence-electron chi connectivity index (χ0n) is 19.0. The predicted molar refractivity (Wildman–Crippen MR) is 123 cm³/mol. The highest BCUT2D eigenvalue weighted by Gasteiger charge is 2.00. The SMILES string of the molecule is C=COCCCNC(=O)CCCCCCCCCCCCCCCCC.N.N. The number of carbonyl (C=O) groups excluding carboxylic acids is 1. The zero-order chi connectivity index (χ0) is 19.1. The van der Waals surface area contributed by atoms with Crippen LogP contribution in [0.4, 0.5) is 0 Å². The molecule has 0 saturated carbocycles. The molecule has 0 rings (SSSR count). The fourth-order valence-corrected chi connectivity index (χ4v) is 3.21. The first kappa shape index (κ1) is 31.6. The van der Waals surface area contributed by atoms with Gasteiger partial charge in [-0.25, -0.2) is 0 Å². The normalized spacial score (nSPS) is 9.89. The number of nitrogens with one attached hydrogen (secondary N) is 1. The van der Waals surface area contributed by atoms with E-state index in [1.165, 1.54) is 96.2 Å². The Morgan fingerprint density at radius 1 is 0.750 bits per heavy atom. The van der Waals surface area contributed by atoms with E-state index in [0.29, 0.717) is 19.6 Å². The van der Waals surface area contributed by atoms with Gasteiger partial charge in [0.25, 0.3) is 0 Å². The largest absolute Gasteiger partial charge is 0.502 e. The van der Waals surface area contributed by atoms with Crippen molar-refractivity contribution in [1.82, 2.24) is 17.6 Å². The van der Waals surface area contributed by atoms with Crippen molar-refractivity contribution in [3.63, 3.8) is 0 Å². The molecule has 0 aromatic rings. The molecule has 0 aliphatic rings. The molecular weight excluding hydrogens is 350 g/mol. The second kappa shape index (κ2) is 28.1.